The number of nitrogens with one attached hydrogen (secondary N) is 1. The van der Waals surface area contributed by atoms with Crippen LogP contribution < -0.4 is 5.32 Å². The summed E-state index contributed by atoms with van der Waals surface area (Å²) in [5, 5.41) is 3.29. The first-order chi connectivity index (χ1) is 9.10. The average molecular weight is 322 g/mol. The third-order valence-corrected chi connectivity index (χ3v) is 3.90. The molecule has 0 aromatic heterocycles. The van der Waals surface area contributed by atoms with Crippen molar-refractivity contribution in [3.63, 3.8) is 0 Å². The van der Waals surface area contributed by atoms with Gasteiger partial charge in [-0.25, -0.2) is 4.39 Å². The highest BCUT2D eigenvalue weighted by Gasteiger charge is 2.13. The Bertz CT molecular complexity index is 568. The van der Waals surface area contributed by atoms with Crippen LogP contribution in [0.4, 0.5) is 4.39 Å². The second-order valence-electron chi connectivity index (χ2n) is 4.70. The lowest BCUT2D eigenvalue weighted by Crippen LogP contribution is -2.19. The number of halogens is 2. The van der Waals surface area contributed by atoms with Gasteiger partial charge < -0.3 is 5.32 Å². The van der Waals surface area contributed by atoms with Crippen molar-refractivity contribution in [3.05, 3.63) is 69.4 Å². The molecule has 1 nitrogen and oxygen atoms in total. The van der Waals surface area contributed by atoms with Crippen molar-refractivity contribution < 1.29 is 4.39 Å². The van der Waals surface area contributed by atoms with Gasteiger partial charge in [-0.3, -0.25) is 0 Å². The molecule has 0 heterocycles. The van der Waals surface area contributed by atoms with E-state index in [1.54, 1.807) is 12.1 Å². The Morgan fingerprint density at radius 3 is 2.63 bits per heavy atom. The predicted octanol–water partition coefficient (Wildman–Crippen LogP) is 4.40. The topological polar surface area (TPSA) is 12.0 Å². The van der Waals surface area contributed by atoms with Gasteiger partial charge in [-0.05, 0) is 55.3 Å². The summed E-state index contributed by atoms with van der Waals surface area (Å²) in [6.45, 7) is 2.06. The minimum absolute atomic E-state index is 0.164. The highest BCUT2D eigenvalue weighted by Crippen LogP contribution is 2.27. The number of benzene rings is 2. The maximum atomic E-state index is 13.2. The molecule has 0 spiro atoms. The lowest BCUT2D eigenvalue weighted by molar-refractivity contribution is 0.582. The molecule has 0 saturated carbocycles. The van der Waals surface area contributed by atoms with Gasteiger partial charge in [0.25, 0.3) is 0 Å². The third-order valence-electron chi connectivity index (χ3n) is 3.21. The normalized spacial score (nSPS) is 12.4. The van der Waals surface area contributed by atoms with Crippen molar-refractivity contribution in [2.24, 2.45) is 0 Å². The van der Waals surface area contributed by atoms with Crippen LogP contribution in [0.2, 0.25) is 0 Å². The van der Waals surface area contributed by atoms with E-state index in [1.165, 1.54) is 17.2 Å². The zero-order chi connectivity index (χ0) is 13.8. The lowest BCUT2D eigenvalue weighted by atomic mass is 9.98. The first-order valence-corrected chi connectivity index (χ1v) is 7.07. The SMILES string of the molecule is CNC(Cc1cccc(F)c1)c1ccc(C)cc1Br. The average Bonchev–Trinajstić information content (AvgIpc) is 2.37. The maximum absolute atomic E-state index is 13.2. The molecule has 1 N–H and O–H groups in total. The molecule has 0 fully saturated rings. The quantitative estimate of drug-likeness (QED) is 0.880. The van der Waals surface area contributed by atoms with E-state index in [-0.39, 0.29) is 11.9 Å². The van der Waals surface area contributed by atoms with Gasteiger partial charge >= 0.3 is 0 Å². The van der Waals surface area contributed by atoms with Crippen LogP contribution in [-0.4, -0.2) is 7.05 Å². The molecular formula is C16H17BrFN. The van der Waals surface area contributed by atoms with E-state index in [0.29, 0.717) is 0 Å². The van der Waals surface area contributed by atoms with Crippen molar-refractivity contribution in [1.82, 2.24) is 5.32 Å². The fraction of sp³-hybridized carbons (Fsp3) is 0.250. The monoisotopic (exact) mass is 321 g/mol. The van der Waals surface area contributed by atoms with Gasteiger partial charge in [0.2, 0.25) is 0 Å². The summed E-state index contributed by atoms with van der Waals surface area (Å²) in [6.07, 6.45) is 0.760. The zero-order valence-electron chi connectivity index (χ0n) is 11.1. The van der Waals surface area contributed by atoms with Crippen LogP contribution in [0.1, 0.15) is 22.7 Å². The second-order valence-corrected chi connectivity index (χ2v) is 5.55. The number of rotatable bonds is 4. The molecular weight excluding hydrogens is 305 g/mol. The van der Waals surface area contributed by atoms with Crippen LogP contribution in [0.15, 0.2) is 46.9 Å². The summed E-state index contributed by atoms with van der Waals surface area (Å²) in [5.41, 5.74) is 3.40. The minimum atomic E-state index is -0.185. The van der Waals surface area contributed by atoms with Gasteiger partial charge in [0, 0.05) is 10.5 Å². The summed E-state index contributed by atoms with van der Waals surface area (Å²) in [6, 6.07) is 13.2. The molecule has 19 heavy (non-hydrogen) atoms. The first kappa shape index (κ1) is 14.2. The third kappa shape index (κ3) is 3.64. The van der Waals surface area contributed by atoms with Crippen LogP contribution in [0.5, 0.6) is 0 Å². The van der Waals surface area contributed by atoms with Crippen LogP contribution >= 0.6 is 15.9 Å². The molecule has 0 aliphatic rings. The summed E-state index contributed by atoms with van der Waals surface area (Å²) in [4.78, 5) is 0. The van der Waals surface area contributed by atoms with E-state index in [2.05, 4.69) is 46.4 Å². The van der Waals surface area contributed by atoms with E-state index in [0.717, 1.165) is 16.5 Å². The van der Waals surface area contributed by atoms with Crippen molar-refractivity contribution in [3.8, 4) is 0 Å². The van der Waals surface area contributed by atoms with E-state index < -0.39 is 0 Å². The minimum Gasteiger partial charge on any atom is -0.313 e. The van der Waals surface area contributed by atoms with Crippen molar-refractivity contribution in [1.29, 1.82) is 0 Å². The highest BCUT2D eigenvalue weighted by molar-refractivity contribution is 9.10. The van der Waals surface area contributed by atoms with E-state index in [4.69, 9.17) is 0 Å². The van der Waals surface area contributed by atoms with Crippen LogP contribution in [-0.2, 0) is 6.42 Å². The smallest absolute Gasteiger partial charge is 0.123 e. The molecule has 0 amide bonds. The number of aryl methyl sites for hydroxylation is 1. The summed E-state index contributed by atoms with van der Waals surface area (Å²) < 4.78 is 14.3. The van der Waals surface area contributed by atoms with Gasteiger partial charge in [-0.2, -0.15) is 0 Å². The fourth-order valence-electron chi connectivity index (χ4n) is 2.18. The van der Waals surface area contributed by atoms with Crippen LogP contribution in [0, 0.1) is 12.7 Å². The Labute approximate surface area is 122 Å². The summed E-state index contributed by atoms with van der Waals surface area (Å²) in [5.74, 6) is -0.185. The van der Waals surface area contributed by atoms with Crippen LogP contribution in [0.3, 0.4) is 0 Å². The molecule has 0 saturated heterocycles. The Hall–Kier alpha value is -1.19. The number of hydrogen-bond donors (Lipinski definition) is 1. The number of hydrogen-bond acceptors (Lipinski definition) is 1. The fourth-order valence-corrected chi connectivity index (χ4v) is 2.95. The van der Waals surface area contributed by atoms with Gasteiger partial charge in [-0.1, -0.05) is 40.2 Å². The lowest BCUT2D eigenvalue weighted by Gasteiger charge is -2.18. The number of likely N-dealkylation sites (N-methyl/N-ethyl adjacent to an activating group) is 1. The largest absolute Gasteiger partial charge is 0.313 e. The van der Waals surface area contributed by atoms with Gasteiger partial charge in [0.05, 0.1) is 0 Å². The molecule has 2 aromatic rings. The standard InChI is InChI=1S/C16H17BrFN/c1-11-6-7-14(15(17)8-11)16(19-2)10-12-4-3-5-13(18)9-12/h3-9,16,19H,10H2,1-2H3. The predicted molar refractivity (Wildman–Crippen MR) is 80.8 cm³/mol. The van der Waals surface area contributed by atoms with Crippen molar-refractivity contribution in [2.45, 2.75) is 19.4 Å². The molecule has 0 radical (unpaired) electrons. The van der Waals surface area contributed by atoms with E-state index in [9.17, 15) is 4.39 Å². The van der Waals surface area contributed by atoms with E-state index >= 15 is 0 Å². The van der Waals surface area contributed by atoms with Crippen LogP contribution in [0.25, 0.3) is 0 Å². The maximum Gasteiger partial charge on any atom is 0.123 e. The van der Waals surface area contributed by atoms with Gasteiger partial charge in [0.15, 0.2) is 0 Å². The summed E-state index contributed by atoms with van der Waals surface area (Å²) >= 11 is 3.60. The second kappa shape index (κ2) is 6.31. The Morgan fingerprint density at radius 2 is 2.00 bits per heavy atom. The summed E-state index contributed by atoms with van der Waals surface area (Å²) in [7, 11) is 1.93. The molecule has 0 aliphatic carbocycles. The van der Waals surface area contributed by atoms with Gasteiger partial charge in [-0.15, -0.1) is 0 Å². The molecule has 1 atom stereocenters. The first-order valence-electron chi connectivity index (χ1n) is 6.28. The van der Waals surface area contributed by atoms with E-state index in [1.807, 2.05) is 13.1 Å². The molecule has 0 aliphatic heterocycles. The van der Waals surface area contributed by atoms with Crippen molar-refractivity contribution in [2.75, 3.05) is 7.05 Å². The molecule has 0 bridgehead atoms. The molecule has 1 unspecified atom stereocenters. The molecule has 2 aromatic carbocycles. The van der Waals surface area contributed by atoms with Gasteiger partial charge in [0.1, 0.15) is 5.82 Å². The van der Waals surface area contributed by atoms with Crippen molar-refractivity contribution >= 4 is 15.9 Å². The Morgan fingerprint density at radius 1 is 1.21 bits per heavy atom. The molecule has 100 valence electrons. The zero-order valence-corrected chi connectivity index (χ0v) is 12.7. The molecule has 2 rings (SSSR count). The highest BCUT2D eigenvalue weighted by atomic mass is 79.9. The molecule has 3 heteroatoms. The Kier molecular flexibility index (Phi) is 4.72. The Balaban J connectivity index is 2.25.